The number of hydrogen-bond acceptors (Lipinski definition) is 4. The second kappa shape index (κ2) is 9.31. The molecule has 2 heterocycles. The number of carbonyl (C=O) groups excluding carboxylic acids is 1. The van der Waals surface area contributed by atoms with Crippen LogP contribution in [-0.4, -0.2) is 73.4 Å². The molecule has 1 amide bonds. The third kappa shape index (κ3) is 5.16. The van der Waals surface area contributed by atoms with Crippen LogP contribution >= 0.6 is 0 Å². The fraction of sp³-hybridized carbons (Fsp3) is 0.571. The van der Waals surface area contributed by atoms with Crippen molar-refractivity contribution in [3.05, 3.63) is 42.0 Å². The van der Waals surface area contributed by atoms with Crippen LogP contribution in [0.5, 0.6) is 0 Å². The van der Waals surface area contributed by atoms with Crippen molar-refractivity contribution in [1.29, 1.82) is 0 Å². The third-order valence-electron chi connectivity index (χ3n) is 5.55. The van der Waals surface area contributed by atoms with Crippen molar-refractivity contribution >= 4 is 12.0 Å². The molecule has 142 valence electrons. The Bertz CT molecular complexity index is 595. The Hall–Kier alpha value is -1.69. The summed E-state index contributed by atoms with van der Waals surface area (Å²) in [6, 6.07) is 10.2. The summed E-state index contributed by atoms with van der Waals surface area (Å²) in [5.41, 5.74) is 1.34. The Morgan fingerprint density at radius 2 is 1.92 bits per heavy atom. The number of piperidine rings is 1. The maximum absolute atomic E-state index is 12.5. The number of likely N-dealkylation sites (tertiary alicyclic amines) is 2. The van der Waals surface area contributed by atoms with E-state index in [1.54, 1.807) is 0 Å². The predicted octanol–water partition coefficient (Wildman–Crippen LogP) is 2.02. The molecule has 1 aromatic rings. The quantitative estimate of drug-likeness (QED) is 0.723. The smallest absolute Gasteiger partial charge is 0.223 e. The Labute approximate surface area is 156 Å². The molecule has 26 heavy (non-hydrogen) atoms. The molecule has 2 saturated heterocycles. The van der Waals surface area contributed by atoms with E-state index in [9.17, 15) is 4.79 Å². The van der Waals surface area contributed by atoms with Gasteiger partial charge in [-0.3, -0.25) is 4.79 Å². The van der Waals surface area contributed by atoms with Crippen LogP contribution in [0, 0.1) is 5.41 Å². The summed E-state index contributed by atoms with van der Waals surface area (Å²) in [7, 11) is 0. The minimum Gasteiger partial charge on any atom is -0.394 e. The van der Waals surface area contributed by atoms with Gasteiger partial charge in [0.15, 0.2) is 0 Å². The molecule has 0 unspecified atom stereocenters. The van der Waals surface area contributed by atoms with Gasteiger partial charge in [-0.2, -0.15) is 0 Å². The zero-order chi connectivity index (χ0) is 18.2. The van der Waals surface area contributed by atoms with Crippen molar-refractivity contribution in [1.82, 2.24) is 9.80 Å². The van der Waals surface area contributed by atoms with E-state index in [0.29, 0.717) is 32.1 Å². The summed E-state index contributed by atoms with van der Waals surface area (Å²) in [5, 5.41) is 8.74. The monoisotopic (exact) mass is 358 g/mol. The standard InChI is InChI=1S/C21H30N2O3/c24-14-16-26-15-13-22-11-8-21(9-12-22)17-20(25)23(18-21)10-4-7-19-5-2-1-3-6-19/h1-7,24H,8-18H2/b7-4+. The average molecular weight is 358 g/mol. The number of aliphatic hydroxyl groups excluding tert-OH is 1. The second-order valence-corrected chi connectivity index (χ2v) is 7.44. The van der Waals surface area contributed by atoms with Gasteiger partial charge in [-0.15, -0.1) is 0 Å². The van der Waals surface area contributed by atoms with E-state index in [-0.39, 0.29) is 12.0 Å². The highest BCUT2D eigenvalue weighted by Gasteiger charge is 2.44. The van der Waals surface area contributed by atoms with Crippen molar-refractivity contribution in [3.8, 4) is 0 Å². The first kappa shape index (κ1) is 19.1. The van der Waals surface area contributed by atoms with E-state index >= 15 is 0 Å². The topological polar surface area (TPSA) is 53.0 Å². The molecule has 2 fully saturated rings. The van der Waals surface area contributed by atoms with E-state index in [1.165, 1.54) is 5.56 Å². The Balaban J connectivity index is 1.43. The van der Waals surface area contributed by atoms with E-state index in [2.05, 4.69) is 29.2 Å². The average Bonchev–Trinajstić information content (AvgIpc) is 2.96. The Morgan fingerprint density at radius 3 is 2.65 bits per heavy atom. The highest BCUT2D eigenvalue weighted by atomic mass is 16.5. The van der Waals surface area contributed by atoms with E-state index < -0.39 is 0 Å². The fourth-order valence-electron chi connectivity index (χ4n) is 3.97. The lowest BCUT2D eigenvalue weighted by Gasteiger charge is -2.38. The maximum Gasteiger partial charge on any atom is 0.223 e. The van der Waals surface area contributed by atoms with Crippen molar-refractivity contribution < 1.29 is 14.6 Å². The number of nitrogens with zero attached hydrogens (tertiary/aromatic N) is 2. The first-order chi connectivity index (χ1) is 12.7. The summed E-state index contributed by atoms with van der Waals surface area (Å²) in [6.45, 7) is 5.73. The van der Waals surface area contributed by atoms with Gasteiger partial charge >= 0.3 is 0 Å². The summed E-state index contributed by atoms with van der Waals surface area (Å²) in [6.07, 6.45) is 7.05. The lowest BCUT2D eigenvalue weighted by Crippen LogP contribution is -2.42. The SMILES string of the molecule is O=C1CC2(CCN(CCOCCO)CC2)CN1C/C=C/c1ccccc1. The van der Waals surface area contributed by atoms with Gasteiger partial charge in [0.1, 0.15) is 0 Å². The lowest BCUT2D eigenvalue weighted by molar-refractivity contribution is -0.127. The summed E-state index contributed by atoms with van der Waals surface area (Å²) in [4.78, 5) is 16.9. The molecule has 5 heteroatoms. The summed E-state index contributed by atoms with van der Waals surface area (Å²) < 4.78 is 5.36. The molecule has 2 aliphatic rings. The molecule has 1 N–H and O–H groups in total. The molecular weight excluding hydrogens is 328 g/mol. The summed E-state index contributed by atoms with van der Waals surface area (Å²) in [5.74, 6) is 0.294. The van der Waals surface area contributed by atoms with Crippen LogP contribution in [0.3, 0.4) is 0 Å². The van der Waals surface area contributed by atoms with Gasteiger partial charge in [0.2, 0.25) is 5.91 Å². The Kier molecular flexibility index (Phi) is 6.83. The molecule has 0 aliphatic carbocycles. The van der Waals surface area contributed by atoms with Gasteiger partial charge in [-0.1, -0.05) is 42.5 Å². The number of carbonyl (C=O) groups is 1. The summed E-state index contributed by atoms with van der Waals surface area (Å²) >= 11 is 0. The molecule has 0 saturated carbocycles. The number of aliphatic hydroxyl groups is 1. The zero-order valence-electron chi connectivity index (χ0n) is 15.5. The molecule has 2 aliphatic heterocycles. The van der Waals surface area contributed by atoms with Gasteiger partial charge in [0.25, 0.3) is 0 Å². The number of hydrogen-bond donors (Lipinski definition) is 1. The van der Waals surface area contributed by atoms with Gasteiger partial charge in [-0.05, 0) is 36.9 Å². The zero-order valence-corrected chi connectivity index (χ0v) is 15.5. The van der Waals surface area contributed by atoms with E-state index in [0.717, 1.165) is 39.0 Å². The van der Waals surface area contributed by atoms with Crippen molar-refractivity contribution in [2.24, 2.45) is 5.41 Å². The van der Waals surface area contributed by atoms with Crippen molar-refractivity contribution in [2.45, 2.75) is 19.3 Å². The second-order valence-electron chi connectivity index (χ2n) is 7.44. The van der Waals surface area contributed by atoms with Crippen LogP contribution in [0.2, 0.25) is 0 Å². The molecule has 3 rings (SSSR count). The number of benzene rings is 1. The van der Waals surface area contributed by atoms with Crippen LogP contribution in [0.1, 0.15) is 24.8 Å². The molecular formula is C21H30N2O3. The van der Waals surface area contributed by atoms with Crippen LogP contribution in [0.25, 0.3) is 6.08 Å². The molecule has 1 aromatic carbocycles. The molecule has 0 aromatic heterocycles. The van der Waals surface area contributed by atoms with Crippen LogP contribution in [0.15, 0.2) is 36.4 Å². The minimum atomic E-state index is 0.0831. The lowest BCUT2D eigenvalue weighted by atomic mass is 9.77. The first-order valence-corrected chi connectivity index (χ1v) is 9.61. The van der Waals surface area contributed by atoms with Crippen LogP contribution in [0.4, 0.5) is 0 Å². The molecule has 0 bridgehead atoms. The largest absolute Gasteiger partial charge is 0.394 e. The van der Waals surface area contributed by atoms with Gasteiger partial charge in [0.05, 0.1) is 19.8 Å². The maximum atomic E-state index is 12.5. The van der Waals surface area contributed by atoms with E-state index in [1.807, 2.05) is 23.1 Å². The van der Waals surface area contributed by atoms with Crippen LogP contribution < -0.4 is 0 Å². The highest BCUT2D eigenvalue weighted by molar-refractivity contribution is 5.79. The van der Waals surface area contributed by atoms with Crippen LogP contribution in [-0.2, 0) is 9.53 Å². The van der Waals surface area contributed by atoms with E-state index in [4.69, 9.17) is 9.84 Å². The molecule has 5 nitrogen and oxygen atoms in total. The van der Waals surface area contributed by atoms with Crippen molar-refractivity contribution in [3.63, 3.8) is 0 Å². The third-order valence-corrected chi connectivity index (χ3v) is 5.55. The van der Waals surface area contributed by atoms with Gasteiger partial charge < -0.3 is 19.6 Å². The van der Waals surface area contributed by atoms with Gasteiger partial charge in [0, 0.05) is 26.1 Å². The number of rotatable bonds is 8. The number of amides is 1. The van der Waals surface area contributed by atoms with Gasteiger partial charge in [-0.25, -0.2) is 0 Å². The highest BCUT2D eigenvalue weighted by Crippen LogP contribution is 2.40. The molecule has 1 spiro atoms. The normalized spacial score (nSPS) is 20.5. The Morgan fingerprint density at radius 1 is 1.15 bits per heavy atom. The molecule has 0 atom stereocenters. The molecule has 0 radical (unpaired) electrons. The first-order valence-electron chi connectivity index (χ1n) is 9.61. The fourth-order valence-corrected chi connectivity index (χ4v) is 3.97. The van der Waals surface area contributed by atoms with Crippen molar-refractivity contribution in [2.75, 3.05) is 52.5 Å². The minimum absolute atomic E-state index is 0.0831. The predicted molar refractivity (Wildman–Crippen MR) is 103 cm³/mol. The number of ether oxygens (including phenoxy) is 1.